The third-order valence-electron chi connectivity index (χ3n) is 2.48. The fraction of sp³-hybridized carbons (Fsp3) is 0.500. The number of nitrogens with one attached hydrogen (secondary N) is 1. The summed E-state index contributed by atoms with van der Waals surface area (Å²) < 4.78 is 0.981. The Morgan fingerprint density at radius 1 is 1.38 bits per heavy atom. The molecule has 0 aliphatic carbocycles. The molecule has 0 aromatic carbocycles. The first kappa shape index (κ1) is 11.6. The van der Waals surface area contributed by atoms with Crippen LogP contribution in [0.5, 0.6) is 0 Å². The average molecular weight is 332 g/mol. The highest BCUT2D eigenvalue weighted by molar-refractivity contribution is 14.1. The van der Waals surface area contributed by atoms with Crippen LogP contribution in [0, 0.1) is 3.57 Å². The molecule has 1 aromatic rings. The number of nitrogens with zero attached hydrogens (tertiary/aromatic N) is 3. The maximum absolute atomic E-state index is 11.7. The summed E-state index contributed by atoms with van der Waals surface area (Å²) in [5.74, 6) is 0.632. The lowest BCUT2D eigenvalue weighted by Crippen LogP contribution is -2.33. The predicted molar refractivity (Wildman–Crippen MR) is 69.1 cm³/mol. The van der Waals surface area contributed by atoms with Crippen LogP contribution in [0.1, 0.15) is 12.8 Å². The molecule has 1 aliphatic rings. The number of amides is 1. The van der Waals surface area contributed by atoms with Crippen molar-refractivity contribution in [2.45, 2.75) is 12.8 Å². The first-order valence-corrected chi connectivity index (χ1v) is 6.33. The molecule has 1 aromatic heterocycles. The number of hydrogen-bond acceptors (Lipinski definition) is 4. The van der Waals surface area contributed by atoms with E-state index in [9.17, 15) is 4.79 Å². The van der Waals surface area contributed by atoms with E-state index >= 15 is 0 Å². The summed E-state index contributed by atoms with van der Waals surface area (Å²) in [6.07, 6.45) is 5.67. The molecule has 1 saturated heterocycles. The molecule has 0 bridgehead atoms. The first-order valence-electron chi connectivity index (χ1n) is 5.25. The minimum atomic E-state index is 0.125. The summed E-state index contributed by atoms with van der Waals surface area (Å²) in [4.78, 5) is 21.7. The Morgan fingerprint density at radius 3 is 2.62 bits per heavy atom. The Morgan fingerprint density at radius 2 is 2.00 bits per heavy atom. The van der Waals surface area contributed by atoms with Crippen molar-refractivity contribution in [3.8, 4) is 0 Å². The molecular weight excluding hydrogens is 319 g/mol. The van der Waals surface area contributed by atoms with E-state index in [1.807, 2.05) is 4.90 Å². The molecule has 0 atom stereocenters. The third kappa shape index (κ3) is 3.03. The number of likely N-dealkylation sites (tertiary alicyclic amines) is 1. The molecule has 86 valence electrons. The van der Waals surface area contributed by atoms with Gasteiger partial charge in [0.2, 0.25) is 11.9 Å². The smallest absolute Gasteiger partial charge is 0.241 e. The van der Waals surface area contributed by atoms with Crippen molar-refractivity contribution in [2.75, 3.05) is 25.0 Å². The minimum absolute atomic E-state index is 0.125. The molecule has 5 nitrogen and oxygen atoms in total. The molecule has 1 amide bonds. The molecule has 0 radical (unpaired) electrons. The average Bonchev–Trinajstić information content (AvgIpc) is 2.81. The zero-order valence-electron chi connectivity index (χ0n) is 8.82. The van der Waals surface area contributed by atoms with E-state index in [4.69, 9.17) is 0 Å². The first-order chi connectivity index (χ1) is 7.75. The second-order valence-corrected chi connectivity index (χ2v) is 4.91. The molecule has 0 spiro atoms. The van der Waals surface area contributed by atoms with Gasteiger partial charge in [-0.1, -0.05) is 0 Å². The molecule has 16 heavy (non-hydrogen) atoms. The number of carbonyl (C=O) groups is 1. The van der Waals surface area contributed by atoms with Gasteiger partial charge in [0, 0.05) is 29.1 Å². The normalized spacial score (nSPS) is 15.2. The number of rotatable bonds is 3. The molecule has 2 heterocycles. The van der Waals surface area contributed by atoms with Crippen LogP contribution >= 0.6 is 22.6 Å². The summed E-state index contributed by atoms with van der Waals surface area (Å²) in [5.41, 5.74) is 0. The van der Waals surface area contributed by atoms with E-state index < -0.39 is 0 Å². The summed E-state index contributed by atoms with van der Waals surface area (Å²) in [7, 11) is 0. The van der Waals surface area contributed by atoms with E-state index in [0.717, 1.165) is 29.5 Å². The van der Waals surface area contributed by atoms with Crippen molar-refractivity contribution in [1.82, 2.24) is 14.9 Å². The molecule has 6 heteroatoms. The summed E-state index contributed by atoms with van der Waals surface area (Å²) in [6.45, 7) is 2.04. The van der Waals surface area contributed by atoms with Crippen molar-refractivity contribution in [3.63, 3.8) is 0 Å². The Bertz CT molecular complexity index is 362. The predicted octanol–water partition coefficient (Wildman–Crippen LogP) is 1.12. The summed E-state index contributed by atoms with van der Waals surface area (Å²) >= 11 is 2.14. The highest BCUT2D eigenvalue weighted by Crippen LogP contribution is 2.08. The highest BCUT2D eigenvalue weighted by atomic mass is 127. The maximum atomic E-state index is 11.7. The fourth-order valence-electron chi connectivity index (χ4n) is 1.64. The monoisotopic (exact) mass is 332 g/mol. The molecule has 1 N–H and O–H groups in total. The molecule has 1 aliphatic heterocycles. The van der Waals surface area contributed by atoms with Gasteiger partial charge in [-0.2, -0.15) is 0 Å². The van der Waals surface area contributed by atoms with Crippen molar-refractivity contribution < 1.29 is 4.79 Å². The fourth-order valence-corrected chi connectivity index (χ4v) is 1.92. The van der Waals surface area contributed by atoms with E-state index in [1.165, 1.54) is 0 Å². The van der Waals surface area contributed by atoms with Crippen LogP contribution < -0.4 is 5.32 Å². The lowest BCUT2D eigenvalue weighted by molar-refractivity contribution is -0.128. The quantitative estimate of drug-likeness (QED) is 0.843. The summed E-state index contributed by atoms with van der Waals surface area (Å²) in [6, 6.07) is 0. The van der Waals surface area contributed by atoms with Crippen molar-refractivity contribution in [2.24, 2.45) is 0 Å². The van der Waals surface area contributed by atoms with Gasteiger partial charge in [-0.3, -0.25) is 4.79 Å². The van der Waals surface area contributed by atoms with Gasteiger partial charge in [-0.25, -0.2) is 9.97 Å². The van der Waals surface area contributed by atoms with Gasteiger partial charge in [0.25, 0.3) is 0 Å². The van der Waals surface area contributed by atoms with Gasteiger partial charge in [0.1, 0.15) is 0 Å². The van der Waals surface area contributed by atoms with Crippen LogP contribution in [-0.2, 0) is 4.79 Å². The topological polar surface area (TPSA) is 58.1 Å². The molecule has 0 unspecified atom stereocenters. The van der Waals surface area contributed by atoms with Crippen LogP contribution in [0.2, 0.25) is 0 Å². The Hall–Kier alpha value is -0.920. The Balaban J connectivity index is 1.82. The van der Waals surface area contributed by atoms with Gasteiger partial charge in [-0.05, 0) is 35.4 Å². The van der Waals surface area contributed by atoms with Crippen LogP contribution in [0.15, 0.2) is 12.4 Å². The van der Waals surface area contributed by atoms with E-state index in [2.05, 4.69) is 37.9 Å². The van der Waals surface area contributed by atoms with Gasteiger partial charge in [0.05, 0.1) is 6.54 Å². The standard InChI is InChI=1S/C10H13IN4O/c11-8-5-12-10(13-6-8)14-7-9(16)15-3-1-2-4-15/h5-6H,1-4,7H2,(H,12,13,14). The number of aromatic nitrogens is 2. The van der Waals surface area contributed by atoms with Gasteiger partial charge in [-0.15, -0.1) is 0 Å². The lowest BCUT2D eigenvalue weighted by atomic mass is 10.4. The van der Waals surface area contributed by atoms with Crippen molar-refractivity contribution in [3.05, 3.63) is 16.0 Å². The lowest BCUT2D eigenvalue weighted by Gasteiger charge is -2.15. The number of hydrogen-bond donors (Lipinski definition) is 1. The van der Waals surface area contributed by atoms with E-state index in [0.29, 0.717) is 5.95 Å². The third-order valence-corrected chi connectivity index (χ3v) is 3.03. The molecule has 2 rings (SSSR count). The minimum Gasteiger partial charge on any atom is -0.345 e. The molecular formula is C10H13IN4O. The van der Waals surface area contributed by atoms with Gasteiger partial charge < -0.3 is 10.2 Å². The number of halogens is 1. The Labute approximate surface area is 108 Å². The van der Waals surface area contributed by atoms with Crippen LogP contribution in [0.3, 0.4) is 0 Å². The number of anilines is 1. The largest absolute Gasteiger partial charge is 0.345 e. The van der Waals surface area contributed by atoms with E-state index in [1.54, 1.807) is 12.4 Å². The molecule has 0 saturated carbocycles. The SMILES string of the molecule is O=C(CNc1ncc(I)cn1)N1CCCC1. The van der Waals surface area contributed by atoms with Crippen molar-refractivity contribution >= 4 is 34.4 Å². The summed E-state index contributed by atoms with van der Waals surface area (Å²) in [5, 5.41) is 2.93. The molecule has 1 fully saturated rings. The van der Waals surface area contributed by atoms with Crippen molar-refractivity contribution in [1.29, 1.82) is 0 Å². The Kier molecular flexibility index (Phi) is 3.92. The zero-order chi connectivity index (χ0) is 11.4. The van der Waals surface area contributed by atoms with Crippen LogP contribution in [0.25, 0.3) is 0 Å². The highest BCUT2D eigenvalue weighted by Gasteiger charge is 2.17. The van der Waals surface area contributed by atoms with Gasteiger partial charge in [0.15, 0.2) is 0 Å². The second kappa shape index (κ2) is 5.42. The number of carbonyl (C=O) groups excluding carboxylic acids is 1. The maximum Gasteiger partial charge on any atom is 0.241 e. The zero-order valence-corrected chi connectivity index (χ0v) is 11.0. The van der Waals surface area contributed by atoms with E-state index in [-0.39, 0.29) is 12.5 Å². The van der Waals surface area contributed by atoms with Crippen LogP contribution in [0.4, 0.5) is 5.95 Å². The van der Waals surface area contributed by atoms with Crippen LogP contribution in [-0.4, -0.2) is 40.4 Å². The van der Waals surface area contributed by atoms with Gasteiger partial charge >= 0.3 is 0 Å². The second-order valence-electron chi connectivity index (χ2n) is 3.67.